The van der Waals surface area contributed by atoms with Gasteiger partial charge in [-0.15, -0.1) is 0 Å². The van der Waals surface area contributed by atoms with Crippen LogP contribution in [-0.4, -0.2) is 55.5 Å². The topological polar surface area (TPSA) is 85.0 Å². The Morgan fingerprint density at radius 2 is 1.85 bits per heavy atom. The molecular weight excluding hydrogens is 356 g/mol. The fourth-order valence-corrected chi connectivity index (χ4v) is 3.50. The van der Waals surface area contributed by atoms with E-state index in [1.54, 1.807) is 25.9 Å². The number of aryl methyl sites for hydroxylation is 2. The fourth-order valence-electron chi connectivity index (χ4n) is 3.21. The molecule has 9 nitrogen and oxygen atoms in total. The average Bonchev–Trinajstić information content (AvgIpc) is 3.10. The molecule has 1 saturated heterocycles. The molecule has 26 heavy (non-hydrogen) atoms. The van der Waals surface area contributed by atoms with E-state index in [4.69, 9.17) is 11.6 Å². The van der Waals surface area contributed by atoms with Crippen LogP contribution in [0.25, 0.3) is 11.2 Å². The molecule has 0 unspecified atom stereocenters. The minimum Gasteiger partial charge on any atom is -0.365 e. The normalized spacial score (nSPS) is 15.0. The van der Waals surface area contributed by atoms with E-state index in [0.717, 1.165) is 36.6 Å². The zero-order valence-corrected chi connectivity index (χ0v) is 15.4. The summed E-state index contributed by atoms with van der Waals surface area (Å²) in [6, 6.07) is 0. The first-order valence-corrected chi connectivity index (χ1v) is 8.85. The molecule has 0 spiro atoms. The Balaban J connectivity index is 1.57. The van der Waals surface area contributed by atoms with Crippen molar-refractivity contribution in [2.45, 2.75) is 13.5 Å². The van der Waals surface area contributed by atoms with Crippen LogP contribution in [0.15, 0.2) is 23.6 Å². The Morgan fingerprint density at radius 1 is 1.12 bits per heavy atom. The Bertz CT molecular complexity index is 1010. The lowest BCUT2D eigenvalue weighted by atomic mass is 10.2. The van der Waals surface area contributed by atoms with Crippen molar-refractivity contribution in [2.24, 2.45) is 7.05 Å². The largest absolute Gasteiger partial charge is 0.365 e. The van der Waals surface area contributed by atoms with Gasteiger partial charge in [-0.1, -0.05) is 11.6 Å². The van der Waals surface area contributed by atoms with Gasteiger partial charge in [-0.2, -0.15) is 5.10 Å². The van der Waals surface area contributed by atoms with Crippen molar-refractivity contribution in [3.05, 3.63) is 34.2 Å². The summed E-state index contributed by atoms with van der Waals surface area (Å²) in [6.07, 6.45) is 5.02. The maximum Gasteiger partial charge on any atom is 0.287 e. The van der Waals surface area contributed by atoms with Crippen molar-refractivity contribution >= 4 is 34.3 Å². The number of halogens is 1. The second-order valence-corrected chi connectivity index (χ2v) is 6.52. The number of hydrogen-bond acceptors (Lipinski definition) is 7. The van der Waals surface area contributed by atoms with Crippen molar-refractivity contribution in [3.8, 4) is 0 Å². The second kappa shape index (κ2) is 6.56. The predicted molar refractivity (Wildman–Crippen MR) is 99.9 cm³/mol. The van der Waals surface area contributed by atoms with Gasteiger partial charge in [-0.05, 0) is 6.92 Å². The molecule has 0 atom stereocenters. The smallest absolute Gasteiger partial charge is 0.287 e. The van der Waals surface area contributed by atoms with E-state index in [1.807, 2.05) is 4.57 Å². The number of fused-ring (bicyclic) bond motifs is 1. The lowest BCUT2D eigenvalue weighted by Gasteiger charge is -2.36. The molecule has 0 aromatic carbocycles. The van der Waals surface area contributed by atoms with Crippen LogP contribution in [0.1, 0.15) is 6.92 Å². The van der Waals surface area contributed by atoms with Crippen molar-refractivity contribution in [3.63, 3.8) is 0 Å². The number of aromatic nitrogens is 6. The van der Waals surface area contributed by atoms with Gasteiger partial charge in [0.1, 0.15) is 11.3 Å². The quantitative estimate of drug-likeness (QED) is 0.673. The molecular formula is C16H19ClN8O. The van der Waals surface area contributed by atoms with Crippen LogP contribution in [0, 0.1) is 0 Å². The molecule has 4 heterocycles. The summed E-state index contributed by atoms with van der Waals surface area (Å²) in [6.45, 7) is 5.80. The molecule has 1 aliphatic heterocycles. The van der Waals surface area contributed by atoms with E-state index in [0.29, 0.717) is 18.8 Å². The van der Waals surface area contributed by atoms with Gasteiger partial charge < -0.3 is 14.4 Å². The lowest BCUT2D eigenvalue weighted by Crippen LogP contribution is -2.47. The maximum absolute atomic E-state index is 12.0. The molecule has 10 heteroatoms. The SMILES string of the molecule is CCn1cnc2c(N3CCN(c4cnn(C)c(=O)c4Cl)CC3)ncnc21. The molecule has 0 N–H and O–H groups in total. The van der Waals surface area contributed by atoms with Crippen LogP contribution in [0.3, 0.4) is 0 Å². The molecule has 136 valence electrons. The van der Waals surface area contributed by atoms with Gasteiger partial charge in [0, 0.05) is 39.8 Å². The number of nitrogens with zero attached hydrogens (tertiary/aromatic N) is 8. The van der Waals surface area contributed by atoms with Crippen LogP contribution < -0.4 is 15.4 Å². The number of anilines is 2. The molecule has 3 aromatic rings. The van der Waals surface area contributed by atoms with Crippen molar-refractivity contribution < 1.29 is 0 Å². The summed E-state index contributed by atoms with van der Waals surface area (Å²) in [5.41, 5.74) is 2.06. The number of piperazine rings is 1. The van der Waals surface area contributed by atoms with Crippen LogP contribution in [0.5, 0.6) is 0 Å². The first kappa shape index (κ1) is 16.8. The molecule has 4 rings (SSSR count). The van der Waals surface area contributed by atoms with E-state index in [1.165, 1.54) is 4.68 Å². The molecule has 0 bridgehead atoms. The van der Waals surface area contributed by atoms with Gasteiger partial charge in [0.2, 0.25) is 0 Å². The summed E-state index contributed by atoms with van der Waals surface area (Å²) < 4.78 is 3.24. The molecule has 0 amide bonds. The van der Waals surface area contributed by atoms with Crippen molar-refractivity contribution in [1.29, 1.82) is 0 Å². The van der Waals surface area contributed by atoms with E-state index in [9.17, 15) is 4.79 Å². The summed E-state index contributed by atoms with van der Waals surface area (Å²) in [5, 5.41) is 4.29. The molecule has 0 aliphatic carbocycles. The minimum absolute atomic E-state index is 0.210. The number of hydrogen-bond donors (Lipinski definition) is 0. The minimum atomic E-state index is -0.283. The fraction of sp³-hybridized carbons (Fsp3) is 0.438. The first-order valence-electron chi connectivity index (χ1n) is 8.47. The summed E-state index contributed by atoms with van der Waals surface area (Å²) in [4.78, 5) is 29.6. The van der Waals surface area contributed by atoms with Gasteiger partial charge in [-0.3, -0.25) is 4.79 Å². The molecule has 0 radical (unpaired) electrons. The Kier molecular flexibility index (Phi) is 4.23. The number of rotatable bonds is 3. The summed E-state index contributed by atoms with van der Waals surface area (Å²) in [7, 11) is 1.59. The van der Waals surface area contributed by atoms with E-state index >= 15 is 0 Å². The number of imidazole rings is 1. The molecule has 1 aliphatic rings. The van der Waals surface area contributed by atoms with Crippen LogP contribution in [0.4, 0.5) is 11.5 Å². The Morgan fingerprint density at radius 3 is 2.58 bits per heavy atom. The van der Waals surface area contributed by atoms with Crippen LogP contribution in [0.2, 0.25) is 5.02 Å². The third-order valence-electron chi connectivity index (χ3n) is 4.70. The molecule has 3 aromatic heterocycles. The van der Waals surface area contributed by atoms with Gasteiger partial charge in [0.25, 0.3) is 5.56 Å². The lowest BCUT2D eigenvalue weighted by molar-refractivity contribution is 0.639. The van der Waals surface area contributed by atoms with Gasteiger partial charge in [0.15, 0.2) is 17.0 Å². The van der Waals surface area contributed by atoms with E-state index < -0.39 is 0 Å². The van der Waals surface area contributed by atoms with Crippen LogP contribution >= 0.6 is 11.6 Å². The zero-order valence-electron chi connectivity index (χ0n) is 14.6. The van der Waals surface area contributed by atoms with E-state index in [-0.39, 0.29) is 10.6 Å². The van der Waals surface area contributed by atoms with Crippen molar-refractivity contribution in [2.75, 3.05) is 36.0 Å². The monoisotopic (exact) mass is 374 g/mol. The summed E-state index contributed by atoms with van der Waals surface area (Å²) in [5.74, 6) is 0.843. The highest BCUT2D eigenvalue weighted by Gasteiger charge is 2.24. The molecule has 1 fully saturated rings. The highest BCUT2D eigenvalue weighted by molar-refractivity contribution is 6.33. The second-order valence-electron chi connectivity index (χ2n) is 6.15. The van der Waals surface area contributed by atoms with Crippen molar-refractivity contribution in [1.82, 2.24) is 29.3 Å². The third-order valence-corrected chi connectivity index (χ3v) is 5.06. The predicted octanol–water partition coefficient (Wildman–Crippen LogP) is 0.920. The van der Waals surface area contributed by atoms with Gasteiger partial charge in [-0.25, -0.2) is 19.6 Å². The van der Waals surface area contributed by atoms with Crippen LogP contribution in [-0.2, 0) is 13.6 Å². The molecule has 0 saturated carbocycles. The van der Waals surface area contributed by atoms with Gasteiger partial charge >= 0.3 is 0 Å². The highest BCUT2D eigenvalue weighted by Crippen LogP contribution is 2.26. The maximum atomic E-state index is 12.0. The average molecular weight is 375 g/mol. The standard InChI is InChI=1S/C16H19ClN8O/c1-3-23-10-20-13-14(23)18-9-19-15(13)25-6-4-24(5-7-25)11-8-21-22(2)16(26)12(11)17/h8-10H,3-7H2,1-2H3. The summed E-state index contributed by atoms with van der Waals surface area (Å²) >= 11 is 6.22. The zero-order chi connectivity index (χ0) is 18.3. The van der Waals surface area contributed by atoms with E-state index in [2.05, 4.69) is 36.8 Å². The van der Waals surface area contributed by atoms with Gasteiger partial charge in [0.05, 0.1) is 18.2 Å². The first-order chi connectivity index (χ1) is 12.6. The highest BCUT2D eigenvalue weighted by atomic mass is 35.5. The Labute approximate surface area is 154 Å². The third kappa shape index (κ3) is 2.68. The Hall–Kier alpha value is -2.68.